The summed E-state index contributed by atoms with van der Waals surface area (Å²) in [6.07, 6.45) is 1.09. The van der Waals surface area contributed by atoms with Crippen molar-refractivity contribution >= 4 is 0 Å². The molecule has 0 saturated carbocycles. The third kappa shape index (κ3) is 3.30. The molecule has 3 heteroatoms. The molecule has 0 radical (unpaired) electrons. The fourth-order valence-corrected chi connectivity index (χ4v) is 2.81. The van der Waals surface area contributed by atoms with Crippen LogP contribution in [0.5, 0.6) is 0 Å². The Hall–Kier alpha value is -2.15. The van der Waals surface area contributed by atoms with Crippen LogP contribution in [0.15, 0.2) is 48.5 Å². The van der Waals surface area contributed by atoms with Crippen LogP contribution in [0.25, 0.3) is 0 Å². The molecule has 106 valence electrons. The van der Waals surface area contributed by atoms with Gasteiger partial charge in [-0.1, -0.05) is 36.4 Å². The van der Waals surface area contributed by atoms with E-state index in [4.69, 9.17) is 5.26 Å². The average Bonchev–Trinajstić information content (AvgIpc) is 2.76. The lowest BCUT2D eigenvalue weighted by Crippen LogP contribution is -2.22. The molecule has 21 heavy (non-hydrogen) atoms. The standard InChI is InChI=1S/C18H19N3/c19-11-14-5-7-15(8-6-14)12-21-18-9-10-20-13-16-3-1-2-4-17(16)18/h1-8,18,20-21H,9-10,12-13H2. The maximum atomic E-state index is 8.83. The summed E-state index contributed by atoms with van der Waals surface area (Å²) in [6, 6.07) is 19.0. The maximum absolute atomic E-state index is 8.83. The van der Waals surface area contributed by atoms with Gasteiger partial charge in [0.25, 0.3) is 0 Å². The van der Waals surface area contributed by atoms with E-state index in [0.29, 0.717) is 11.6 Å². The van der Waals surface area contributed by atoms with Crippen LogP contribution in [0.3, 0.4) is 0 Å². The first kappa shape index (κ1) is 13.8. The van der Waals surface area contributed by atoms with Crippen LogP contribution in [0.2, 0.25) is 0 Å². The van der Waals surface area contributed by atoms with Gasteiger partial charge in [-0.05, 0) is 41.8 Å². The molecule has 2 aromatic rings. The SMILES string of the molecule is N#Cc1ccc(CNC2CCNCc3ccccc32)cc1. The Balaban J connectivity index is 1.71. The number of nitrogens with one attached hydrogen (secondary N) is 2. The van der Waals surface area contributed by atoms with E-state index in [9.17, 15) is 0 Å². The highest BCUT2D eigenvalue weighted by molar-refractivity contribution is 5.33. The number of hydrogen-bond acceptors (Lipinski definition) is 3. The summed E-state index contributed by atoms with van der Waals surface area (Å²) in [5.41, 5.74) is 4.70. The van der Waals surface area contributed by atoms with Crippen molar-refractivity contribution in [1.82, 2.24) is 10.6 Å². The molecular formula is C18H19N3. The van der Waals surface area contributed by atoms with Crippen molar-refractivity contribution < 1.29 is 0 Å². The van der Waals surface area contributed by atoms with Crippen molar-refractivity contribution in [3.05, 3.63) is 70.8 Å². The van der Waals surface area contributed by atoms with Crippen LogP contribution in [0.1, 0.15) is 34.7 Å². The highest BCUT2D eigenvalue weighted by Crippen LogP contribution is 2.23. The lowest BCUT2D eigenvalue weighted by molar-refractivity contribution is 0.496. The van der Waals surface area contributed by atoms with Crippen molar-refractivity contribution in [2.45, 2.75) is 25.6 Å². The van der Waals surface area contributed by atoms with Gasteiger partial charge in [0.2, 0.25) is 0 Å². The fourth-order valence-electron chi connectivity index (χ4n) is 2.81. The molecule has 1 heterocycles. The molecule has 1 atom stereocenters. The van der Waals surface area contributed by atoms with Crippen molar-refractivity contribution in [3.8, 4) is 6.07 Å². The number of fused-ring (bicyclic) bond motifs is 1. The van der Waals surface area contributed by atoms with Gasteiger partial charge in [-0.15, -0.1) is 0 Å². The van der Waals surface area contributed by atoms with Gasteiger partial charge in [0, 0.05) is 19.1 Å². The number of rotatable bonds is 3. The third-order valence-electron chi connectivity index (χ3n) is 3.99. The molecule has 1 aliphatic rings. The summed E-state index contributed by atoms with van der Waals surface area (Å²) >= 11 is 0. The van der Waals surface area contributed by atoms with Crippen molar-refractivity contribution in [2.75, 3.05) is 6.54 Å². The Morgan fingerprint density at radius 3 is 2.76 bits per heavy atom. The topological polar surface area (TPSA) is 47.9 Å². The Labute approximate surface area is 125 Å². The number of nitrogens with zero attached hydrogens (tertiary/aromatic N) is 1. The van der Waals surface area contributed by atoms with E-state index >= 15 is 0 Å². The van der Waals surface area contributed by atoms with Gasteiger partial charge in [-0.3, -0.25) is 0 Å². The monoisotopic (exact) mass is 277 g/mol. The molecular weight excluding hydrogens is 258 g/mol. The van der Waals surface area contributed by atoms with Crippen LogP contribution < -0.4 is 10.6 Å². The Morgan fingerprint density at radius 2 is 1.95 bits per heavy atom. The Morgan fingerprint density at radius 1 is 1.14 bits per heavy atom. The molecule has 1 aliphatic heterocycles. The molecule has 3 nitrogen and oxygen atoms in total. The quantitative estimate of drug-likeness (QED) is 0.907. The summed E-state index contributed by atoms with van der Waals surface area (Å²) < 4.78 is 0. The second kappa shape index (κ2) is 6.53. The van der Waals surface area contributed by atoms with Gasteiger partial charge < -0.3 is 10.6 Å². The van der Waals surface area contributed by atoms with E-state index in [1.807, 2.05) is 24.3 Å². The highest BCUT2D eigenvalue weighted by atomic mass is 14.9. The van der Waals surface area contributed by atoms with Gasteiger partial charge >= 0.3 is 0 Å². The van der Waals surface area contributed by atoms with Gasteiger partial charge in [0.05, 0.1) is 11.6 Å². The molecule has 2 N–H and O–H groups in total. The zero-order valence-electron chi connectivity index (χ0n) is 12.0. The first-order valence-corrected chi connectivity index (χ1v) is 7.38. The second-order valence-corrected chi connectivity index (χ2v) is 5.41. The summed E-state index contributed by atoms with van der Waals surface area (Å²) in [4.78, 5) is 0. The lowest BCUT2D eigenvalue weighted by atomic mass is 9.99. The molecule has 0 spiro atoms. The van der Waals surface area contributed by atoms with Crippen molar-refractivity contribution in [2.24, 2.45) is 0 Å². The Bertz CT molecular complexity index is 640. The first-order valence-electron chi connectivity index (χ1n) is 7.38. The minimum atomic E-state index is 0.381. The smallest absolute Gasteiger partial charge is 0.0991 e. The number of hydrogen-bond donors (Lipinski definition) is 2. The molecule has 0 saturated heterocycles. The average molecular weight is 277 g/mol. The maximum Gasteiger partial charge on any atom is 0.0991 e. The second-order valence-electron chi connectivity index (χ2n) is 5.41. The summed E-state index contributed by atoms with van der Waals surface area (Å²) in [5.74, 6) is 0. The van der Waals surface area contributed by atoms with E-state index in [0.717, 1.165) is 26.1 Å². The van der Waals surface area contributed by atoms with E-state index in [-0.39, 0.29) is 0 Å². The zero-order chi connectivity index (χ0) is 14.5. The Kier molecular flexibility index (Phi) is 4.30. The molecule has 0 bridgehead atoms. The minimum Gasteiger partial charge on any atom is -0.313 e. The molecule has 0 amide bonds. The van der Waals surface area contributed by atoms with Crippen LogP contribution >= 0.6 is 0 Å². The summed E-state index contributed by atoms with van der Waals surface area (Å²) in [6.45, 7) is 2.80. The van der Waals surface area contributed by atoms with Crippen molar-refractivity contribution in [3.63, 3.8) is 0 Å². The van der Waals surface area contributed by atoms with Gasteiger partial charge in [-0.25, -0.2) is 0 Å². The number of benzene rings is 2. The van der Waals surface area contributed by atoms with E-state index in [2.05, 4.69) is 41.0 Å². The molecule has 3 rings (SSSR count). The molecule has 0 aromatic heterocycles. The number of nitriles is 1. The van der Waals surface area contributed by atoms with Crippen LogP contribution in [-0.2, 0) is 13.1 Å². The fraction of sp³-hybridized carbons (Fsp3) is 0.278. The molecule has 0 aliphatic carbocycles. The van der Waals surface area contributed by atoms with Crippen molar-refractivity contribution in [1.29, 1.82) is 5.26 Å². The predicted octanol–water partition coefficient (Wildman–Crippen LogP) is 2.88. The largest absolute Gasteiger partial charge is 0.313 e. The lowest BCUT2D eigenvalue weighted by Gasteiger charge is -2.19. The summed E-state index contributed by atoms with van der Waals surface area (Å²) in [5, 5.41) is 15.9. The van der Waals surface area contributed by atoms with Crippen LogP contribution in [-0.4, -0.2) is 6.54 Å². The van der Waals surface area contributed by atoms with Gasteiger partial charge in [-0.2, -0.15) is 5.26 Å². The summed E-state index contributed by atoms with van der Waals surface area (Å²) in [7, 11) is 0. The van der Waals surface area contributed by atoms with E-state index in [1.165, 1.54) is 16.7 Å². The predicted molar refractivity (Wildman–Crippen MR) is 83.5 cm³/mol. The molecule has 1 unspecified atom stereocenters. The van der Waals surface area contributed by atoms with E-state index in [1.54, 1.807) is 0 Å². The normalized spacial score (nSPS) is 17.6. The first-order chi connectivity index (χ1) is 10.4. The van der Waals surface area contributed by atoms with E-state index < -0.39 is 0 Å². The highest BCUT2D eigenvalue weighted by Gasteiger charge is 2.17. The zero-order valence-corrected chi connectivity index (χ0v) is 12.0. The van der Waals surface area contributed by atoms with Gasteiger partial charge in [0.1, 0.15) is 0 Å². The molecule has 2 aromatic carbocycles. The van der Waals surface area contributed by atoms with Crippen LogP contribution in [0.4, 0.5) is 0 Å². The third-order valence-corrected chi connectivity index (χ3v) is 3.99. The van der Waals surface area contributed by atoms with Crippen LogP contribution in [0, 0.1) is 11.3 Å². The van der Waals surface area contributed by atoms with Gasteiger partial charge in [0.15, 0.2) is 0 Å². The molecule has 0 fully saturated rings. The minimum absolute atomic E-state index is 0.381.